The summed E-state index contributed by atoms with van der Waals surface area (Å²) in [6, 6.07) is 8.38. The van der Waals surface area contributed by atoms with Crippen molar-refractivity contribution in [3.8, 4) is 5.75 Å². The van der Waals surface area contributed by atoms with Crippen LogP contribution in [-0.2, 0) is 4.84 Å². The highest BCUT2D eigenvalue weighted by molar-refractivity contribution is 5.87. The number of halogens is 2. The standard InChI is InChI=1S/C11H15N3O2.C5H4FN.ClH/c1-8-2-3-10(6-13-8)15-7-11-4-9(5-12)14-16-11;6-5-3-1-2-4-7-5;/h2-3,6,11H,4-5,7,12H2,1H3;1-4H;1H. The molecule has 0 saturated carbocycles. The fraction of sp³-hybridized carbons (Fsp3) is 0.312. The Kier molecular flexibility index (Phi) is 8.67. The largest absolute Gasteiger partial charge is 0.488 e. The molecule has 3 rings (SSSR count). The van der Waals surface area contributed by atoms with Crippen LogP contribution in [0.5, 0.6) is 5.75 Å². The maximum absolute atomic E-state index is 11.8. The number of nitrogens with zero attached hydrogens (tertiary/aromatic N) is 3. The van der Waals surface area contributed by atoms with Crippen LogP contribution in [0.1, 0.15) is 12.1 Å². The molecule has 0 aliphatic carbocycles. The minimum Gasteiger partial charge on any atom is -0.488 e. The van der Waals surface area contributed by atoms with Crippen LogP contribution in [0.3, 0.4) is 0 Å². The molecule has 2 aromatic heterocycles. The zero-order valence-corrected chi connectivity index (χ0v) is 14.1. The Labute approximate surface area is 146 Å². The lowest BCUT2D eigenvalue weighted by Gasteiger charge is -2.10. The summed E-state index contributed by atoms with van der Waals surface area (Å²) in [7, 11) is 0. The third-order valence-corrected chi connectivity index (χ3v) is 2.98. The zero-order chi connectivity index (χ0) is 16.5. The number of hydrogen-bond donors (Lipinski definition) is 1. The van der Waals surface area contributed by atoms with E-state index in [0.717, 1.165) is 23.6 Å². The van der Waals surface area contributed by atoms with Crippen LogP contribution >= 0.6 is 12.4 Å². The van der Waals surface area contributed by atoms with E-state index in [2.05, 4.69) is 15.1 Å². The monoisotopic (exact) mass is 354 g/mol. The van der Waals surface area contributed by atoms with Crippen LogP contribution < -0.4 is 10.5 Å². The van der Waals surface area contributed by atoms with Crippen molar-refractivity contribution in [1.29, 1.82) is 0 Å². The van der Waals surface area contributed by atoms with E-state index < -0.39 is 5.95 Å². The van der Waals surface area contributed by atoms with Gasteiger partial charge in [0.15, 0.2) is 6.10 Å². The lowest BCUT2D eigenvalue weighted by atomic mass is 10.2. The molecule has 0 radical (unpaired) electrons. The van der Waals surface area contributed by atoms with Gasteiger partial charge in [-0.05, 0) is 31.2 Å². The number of hydrogen-bond acceptors (Lipinski definition) is 6. The van der Waals surface area contributed by atoms with Crippen molar-refractivity contribution in [2.45, 2.75) is 19.4 Å². The normalized spacial score (nSPS) is 15.3. The topological polar surface area (TPSA) is 82.6 Å². The van der Waals surface area contributed by atoms with Crippen molar-refractivity contribution in [3.63, 3.8) is 0 Å². The van der Waals surface area contributed by atoms with E-state index in [1.54, 1.807) is 18.3 Å². The second kappa shape index (κ2) is 10.5. The maximum Gasteiger partial charge on any atom is 0.212 e. The quantitative estimate of drug-likeness (QED) is 0.853. The van der Waals surface area contributed by atoms with Crippen LogP contribution in [-0.4, -0.2) is 34.9 Å². The van der Waals surface area contributed by atoms with Crippen molar-refractivity contribution in [3.05, 3.63) is 54.4 Å². The molecule has 0 aromatic carbocycles. The molecule has 6 nitrogen and oxygen atoms in total. The summed E-state index contributed by atoms with van der Waals surface area (Å²) in [6.07, 6.45) is 3.83. The molecule has 8 heteroatoms. The summed E-state index contributed by atoms with van der Waals surface area (Å²) in [5, 5.41) is 3.86. The van der Waals surface area contributed by atoms with Gasteiger partial charge >= 0.3 is 0 Å². The van der Waals surface area contributed by atoms with Crippen LogP contribution in [0, 0.1) is 12.9 Å². The van der Waals surface area contributed by atoms with Gasteiger partial charge in [0.05, 0.1) is 11.9 Å². The van der Waals surface area contributed by atoms with Gasteiger partial charge in [0.1, 0.15) is 12.4 Å². The number of oxime groups is 1. The van der Waals surface area contributed by atoms with Gasteiger partial charge in [0.25, 0.3) is 0 Å². The van der Waals surface area contributed by atoms with E-state index in [0.29, 0.717) is 13.2 Å². The molecule has 1 aliphatic rings. The van der Waals surface area contributed by atoms with Crippen LogP contribution in [0.25, 0.3) is 0 Å². The van der Waals surface area contributed by atoms with E-state index in [1.807, 2.05) is 19.1 Å². The molecule has 1 atom stereocenters. The predicted octanol–water partition coefficient (Wildman–Crippen LogP) is 2.51. The molecule has 0 amide bonds. The Morgan fingerprint density at radius 3 is 2.62 bits per heavy atom. The molecule has 24 heavy (non-hydrogen) atoms. The molecule has 2 aromatic rings. The molecule has 0 fully saturated rings. The highest BCUT2D eigenvalue weighted by Gasteiger charge is 2.20. The highest BCUT2D eigenvalue weighted by Crippen LogP contribution is 2.13. The van der Waals surface area contributed by atoms with Gasteiger partial charge in [-0.1, -0.05) is 11.2 Å². The fourth-order valence-corrected chi connectivity index (χ4v) is 1.77. The van der Waals surface area contributed by atoms with Gasteiger partial charge in [0, 0.05) is 24.9 Å². The summed E-state index contributed by atoms with van der Waals surface area (Å²) in [6.45, 7) is 2.85. The van der Waals surface area contributed by atoms with Crippen molar-refractivity contribution < 1.29 is 14.0 Å². The first-order chi connectivity index (χ1) is 11.2. The summed E-state index contributed by atoms with van der Waals surface area (Å²) in [4.78, 5) is 12.6. The van der Waals surface area contributed by atoms with Crippen molar-refractivity contribution in [1.82, 2.24) is 9.97 Å². The summed E-state index contributed by atoms with van der Waals surface area (Å²) in [5.41, 5.74) is 7.31. The number of aryl methyl sites for hydroxylation is 1. The Morgan fingerprint density at radius 1 is 1.29 bits per heavy atom. The average Bonchev–Trinajstić information content (AvgIpc) is 3.04. The van der Waals surface area contributed by atoms with E-state index in [9.17, 15) is 4.39 Å². The second-order valence-corrected chi connectivity index (χ2v) is 4.89. The lowest BCUT2D eigenvalue weighted by Crippen LogP contribution is -2.20. The van der Waals surface area contributed by atoms with Crippen molar-refractivity contribution in [2.24, 2.45) is 10.9 Å². The third-order valence-electron chi connectivity index (χ3n) is 2.98. The van der Waals surface area contributed by atoms with Gasteiger partial charge in [-0.25, -0.2) is 4.98 Å². The average molecular weight is 355 g/mol. The van der Waals surface area contributed by atoms with E-state index in [1.165, 1.54) is 12.3 Å². The Hall–Kier alpha value is -2.25. The van der Waals surface area contributed by atoms with Gasteiger partial charge in [-0.15, -0.1) is 12.4 Å². The van der Waals surface area contributed by atoms with E-state index in [4.69, 9.17) is 15.3 Å². The van der Waals surface area contributed by atoms with Crippen LogP contribution in [0.15, 0.2) is 47.9 Å². The van der Waals surface area contributed by atoms with Crippen molar-refractivity contribution in [2.75, 3.05) is 13.2 Å². The number of aromatic nitrogens is 2. The number of pyridine rings is 2. The third kappa shape index (κ3) is 6.89. The molecule has 0 spiro atoms. The fourth-order valence-electron chi connectivity index (χ4n) is 1.77. The molecular weight excluding hydrogens is 335 g/mol. The first-order valence-electron chi connectivity index (χ1n) is 7.21. The Balaban J connectivity index is 0.000000304. The van der Waals surface area contributed by atoms with E-state index >= 15 is 0 Å². The summed E-state index contributed by atoms with van der Waals surface area (Å²) >= 11 is 0. The van der Waals surface area contributed by atoms with Crippen LogP contribution in [0.2, 0.25) is 0 Å². The van der Waals surface area contributed by atoms with Gasteiger partial charge in [-0.3, -0.25) is 4.98 Å². The molecule has 1 unspecified atom stereocenters. The molecule has 3 heterocycles. The second-order valence-electron chi connectivity index (χ2n) is 4.89. The number of ether oxygens (including phenoxy) is 1. The SMILES string of the molecule is Cc1ccc(OCC2CC(CN)=NO2)cn1.Cl.Fc1ccccn1. The first-order valence-corrected chi connectivity index (χ1v) is 7.21. The molecule has 2 N–H and O–H groups in total. The summed E-state index contributed by atoms with van der Waals surface area (Å²) < 4.78 is 17.3. The lowest BCUT2D eigenvalue weighted by molar-refractivity contribution is 0.0469. The predicted molar refractivity (Wildman–Crippen MR) is 91.9 cm³/mol. The van der Waals surface area contributed by atoms with E-state index in [-0.39, 0.29) is 18.5 Å². The maximum atomic E-state index is 11.8. The minimum absolute atomic E-state index is 0. The van der Waals surface area contributed by atoms with Gasteiger partial charge < -0.3 is 15.3 Å². The number of nitrogens with two attached hydrogens (primary N) is 1. The summed E-state index contributed by atoms with van der Waals surface area (Å²) in [5.74, 6) is 0.317. The molecular formula is C16H20ClFN4O2. The molecule has 0 bridgehead atoms. The Morgan fingerprint density at radius 2 is 2.12 bits per heavy atom. The molecule has 0 saturated heterocycles. The van der Waals surface area contributed by atoms with Crippen LogP contribution in [0.4, 0.5) is 4.39 Å². The van der Waals surface area contributed by atoms with Gasteiger partial charge in [-0.2, -0.15) is 4.39 Å². The Bertz CT molecular complexity index is 626. The van der Waals surface area contributed by atoms with Gasteiger partial charge in [0.2, 0.25) is 5.95 Å². The smallest absolute Gasteiger partial charge is 0.212 e. The molecule has 1 aliphatic heterocycles. The molecule has 130 valence electrons. The van der Waals surface area contributed by atoms with Crippen molar-refractivity contribution >= 4 is 18.1 Å². The minimum atomic E-state index is -0.428. The first kappa shape index (κ1) is 19.8. The number of rotatable bonds is 4. The zero-order valence-electron chi connectivity index (χ0n) is 13.3. The highest BCUT2D eigenvalue weighted by atomic mass is 35.5.